The normalized spacial score (nSPS) is 10.2. The van der Waals surface area contributed by atoms with Gasteiger partial charge in [0.1, 0.15) is 6.54 Å². The Morgan fingerprint density at radius 1 is 1.44 bits per heavy atom. The molecule has 0 aliphatic rings. The maximum atomic E-state index is 11.6. The minimum Gasteiger partial charge on any atom is -0.344 e. The van der Waals surface area contributed by atoms with E-state index in [-0.39, 0.29) is 12.5 Å². The van der Waals surface area contributed by atoms with Crippen molar-refractivity contribution in [2.24, 2.45) is 7.05 Å². The summed E-state index contributed by atoms with van der Waals surface area (Å²) in [6.07, 6.45) is 1.38. The molecule has 1 rings (SSSR count). The van der Waals surface area contributed by atoms with E-state index in [2.05, 4.69) is 0 Å². The van der Waals surface area contributed by atoms with Crippen LogP contribution in [-0.2, 0) is 18.4 Å². The van der Waals surface area contributed by atoms with E-state index in [1.807, 2.05) is 6.92 Å². The van der Waals surface area contributed by atoms with Crippen molar-refractivity contribution in [3.63, 3.8) is 0 Å². The van der Waals surface area contributed by atoms with Crippen LogP contribution >= 0.6 is 0 Å². The standard InChI is InChI=1S/C10H15N3O3/c1-4-11(2)9(15)7-13-8(14)5-6-12(3)10(13)16/h5-6H,4,7H2,1-3H3. The summed E-state index contributed by atoms with van der Waals surface area (Å²) in [6, 6.07) is 1.26. The van der Waals surface area contributed by atoms with E-state index in [1.54, 1.807) is 7.05 Å². The SMILES string of the molecule is CCN(C)C(=O)Cn1c(=O)ccn(C)c1=O. The molecule has 0 saturated heterocycles. The third-order valence-corrected chi connectivity index (χ3v) is 2.43. The quantitative estimate of drug-likeness (QED) is 0.664. The highest BCUT2D eigenvalue weighted by molar-refractivity contribution is 5.75. The van der Waals surface area contributed by atoms with Crippen molar-refractivity contribution in [2.45, 2.75) is 13.5 Å². The minimum atomic E-state index is -0.481. The van der Waals surface area contributed by atoms with E-state index >= 15 is 0 Å². The smallest absolute Gasteiger partial charge is 0.331 e. The Morgan fingerprint density at radius 3 is 2.62 bits per heavy atom. The number of aromatic nitrogens is 2. The van der Waals surface area contributed by atoms with Crippen LogP contribution in [0.3, 0.4) is 0 Å². The summed E-state index contributed by atoms with van der Waals surface area (Å²) < 4.78 is 2.19. The van der Waals surface area contributed by atoms with Crippen molar-refractivity contribution in [1.29, 1.82) is 0 Å². The molecule has 0 N–H and O–H groups in total. The minimum absolute atomic E-state index is 0.212. The highest BCUT2D eigenvalue weighted by Gasteiger charge is 2.11. The van der Waals surface area contributed by atoms with Crippen LogP contribution in [0.15, 0.2) is 21.9 Å². The van der Waals surface area contributed by atoms with Gasteiger partial charge in [-0.1, -0.05) is 0 Å². The van der Waals surface area contributed by atoms with Crippen molar-refractivity contribution < 1.29 is 4.79 Å². The van der Waals surface area contributed by atoms with Gasteiger partial charge in [-0.05, 0) is 6.92 Å². The van der Waals surface area contributed by atoms with Crippen LogP contribution in [-0.4, -0.2) is 33.5 Å². The van der Waals surface area contributed by atoms with E-state index in [9.17, 15) is 14.4 Å². The molecule has 1 heterocycles. The molecule has 0 fully saturated rings. The van der Waals surface area contributed by atoms with Gasteiger partial charge in [0.05, 0.1) is 0 Å². The molecule has 0 aliphatic heterocycles. The molecule has 0 unspecified atom stereocenters. The predicted octanol–water partition coefficient (Wildman–Crippen LogP) is -0.975. The second kappa shape index (κ2) is 4.78. The summed E-state index contributed by atoms with van der Waals surface area (Å²) in [7, 11) is 3.16. The fourth-order valence-corrected chi connectivity index (χ4v) is 1.19. The zero-order valence-corrected chi connectivity index (χ0v) is 9.64. The van der Waals surface area contributed by atoms with Gasteiger partial charge in [-0.3, -0.25) is 14.2 Å². The number of carbonyl (C=O) groups excluding carboxylic acids is 1. The first kappa shape index (κ1) is 12.2. The molecule has 0 aliphatic carbocycles. The molecular weight excluding hydrogens is 210 g/mol. The van der Waals surface area contributed by atoms with Crippen LogP contribution in [0, 0.1) is 0 Å². The lowest BCUT2D eigenvalue weighted by molar-refractivity contribution is -0.130. The molecule has 0 saturated carbocycles. The van der Waals surface area contributed by atoms with Gasteiger partial charge in [-0.15, -0.1) is 0 Å². The summed E-state index contributed by atoms with van der Waals surface area (Å²) >= 11 is 0. The molecule has 1 aromatic rings. The van der Waals surface area contributed by atoms with Crippen LogP contribution in [0.4, 0.5) is 0 Å². The van der Waals surface area contributed by atoms with E-state index in [1.165, 1.54) is 28.8 Å². The highest BCUT2D eigenvalue weighted by Crippen LogP contribution is 1.85. The van der Waals surface area contributed by atoms with Gasteiger partial charge in [-0.2, -0.15) is 0 Å². The lowest BCUT2D eigenvalue weighted by Gasteiger charge is -2.14. The lowest BCUT2D eigenvalue weighted by Crippen LogP contribution is -2.42. The topological polar surface area (TPSA) is 64.3 Å². The van der Waals surface area contributed by atoms with E-state index < -0.39 is 11.2 Å². The number of rotatable bonds is 3. The number of carbonyl (C=O) groups is 1. The molecule has 16 heavy (non-hydrogen) atoms. The van der Waals surface area contributed by atoms with Gasteiger partial charge >= 0.3 is 5.69 Å². The van der Waals surface area contributed by atoms with E-state index in [0.29, 0.717) is 6.54 Å². The molecule has 0 spiro atoms. The van der Waals surface area contributed by atoms with Gasteiger partial charge in [0.25, 0.3) is 5.56 Å². The summed E-state index contributed by atoms with van der Waals surface area (Å²) in [5.74, 6) is -0.257. The average molecular weight is 225 g/mol. The fourth-order valence-electron chi connectivity index (χ4n) is 1.19. The molecule has 0 atom stereocenters. The first-order valence-corrected chi connectivity index (χ1v) is 4.97. The van der Waals surface area contributed by atoms with Crippen molar-refractivity contribution >= 4 is 5.91 Å². The third kappa shape index (κ3) is 2.39. The van der Waals surface area contributed by atoms with Crippen LogP contribution < -0.4 is 11.2 Å². The van der Waals surface area contributed by atoms with Crippen molar-refractivity contribution in [1.82, 2.24) is 14.0 Å². The summed E-state index contributed by atoms with van der Waals surface area (Å²) in [5.41, 5.74) is -0.939. The van der Waals surface area contributed by atoms with E-state index in [0.717, 1.165) is 4.57 Å². The number of aryl methyl sites for hydroxylation is 1. The van der Waals surface area contributed by atoms with Crippen LogP contribution in [0.1, 0.15) is 6.92 Å². The van der Waals surface area contributed by atoms with Crippen molar-refractivity contribution in [3.05, 3.63) is 33.1 Å². The van der Waals surface area contributed by atoms with Gasteiger partial charge in [0.2, 0.25) is 5.91 Å². The Balaban J connectivity index is 3.07. The maximum absolute atomic E-state index is 11.6. The zero-order valence-electron chi connectivity index (χ0n) is 9.64. The highest BCUT2D eigenvalue weighted by atomic mass is 16.2. The van der Waals surface area contributed by atoms with Gasteiger partial charge < -0.3 is 9.47 Å². The second-order valence-electron chi connectivity index (χ2n) is 3.54. The lowest BCUT2D eigenvalue weighted by atomic mass is 10.4. The molecule has 1 aromatic heterocycles. The molecule has 0 radical (unpaired) electrons. The zero-order chi connectivity index (χ0) is 12.3. The van der Waals surface area contributed by atoms with E-state index in [4.69, 9.17) is 0 Å². The largest absolute Gasteiger partial charge is 0.344 e. The summed E-state index contributed by atoms with van der Waals surface area (Å²) in [6.45, 7) is 2.15. The Morgan fingerprint density at radius 2 is 2.06 bits per heavy atom. The fraction of sp³-hybridized carbons (Fsp3) is 0.500. The first-order valence-electron chi connectivity index (χ1n) is 4.97. The average Bonchev–Trinajstić information content (AvgIpc) is 2.28. The summed E-state index contributed by atoms with van der Waals surface area (Å²) in [4.78, 5) is 36.0. The van der Waals surface area contributed by atoms with Gasteiger partial charge in [0.15, 0.2) is 0 Å². The van der Waals surface area contributed by atoms with Gasteiger partial charge in [-0.25, -0.2) is 4.79 Å². The molecule has 1 amide bonds. The molecular formula is C10H15N3O3. The third-order valence-electron chi connectivity index (χ3n) is 2.43. The first-order chi connectivity index (χ1) is 7.47. The molecule has 0 bridgehead atoms. The molecule has 0 aromatic carbocycles. The van der Waals surface area contributed by atoms with Crippen LogP contribution in [0.5, 0.6) is 0 Å². The molecule has 6 nitrogen and oxygen atoms in total. The Bertz CT molecular complexity index is 501. The van der Waals surface area contributed by atoms with Crippen molar-refractivity contribution in [2.75, 3.05) is 13.6 Å². The summed E-state index contributed by atoms with van der Waals surface area (Å²) in [5, 5.41) is 0. The van der Waals surface area contributed by atoms with Crippen molar-refractivity contribution in [3.8, 4) is 0 Å². The van der Waals surface area contributed by atoms with Crippen LogP contribution in [0.2, 0.25) is 0 Å². The Labute approximate surface area is 92.7 Å². The maximum Gasteiger partial charge on any atom is 0.331 e. The number of hydrogen-bond donors (Lipinski definition) is 0. The molecule has 6 heteroatoms. The number of hydrogen-bond acceptors (Lipinski definition) is 3. The predicted molar refractivity (Wildman–Crippen MR) is 59.3 cm³/mol. The monoisotopic (exact) mass is 225 g/mol. The number of amides is 1. The Kier molecular flexibility index (Phi) is 3.65. The second-order valence-corrected chi connectivity index (χ2v) is 3.54. The van der Waals surface area contributed by atoms with Crippen LogP contribution in [0.25, 0.3) is 0 Å². The Hall–Kier alpha value is -1.85. The molecule has 88 valence electrons. The number of nitrogens with zero attached hydrogens (tertiary/aromatic N) is 3. The van der Waals surface area contributed by atoms with Gasteiger partial charge in [0, 0.05) is 32.9 Å². The number of likely N-dealkylation sites (N-methyl/N-ethyl adjacent to an activating group) is 1.